The fourth-order valence-electron chi connectivity index (χ4n) is 2.02. The minimum absolute atomic E-state index is 0.224. The number of nitrogens with one attached hydrogen (secondary N) is 2. The molecule has 0 fully saturated rings. The molecule has 22 heavy (non-hydrogen) atoms. The molecule has 0 aliphatic heterocycles. The van der Waals surface area contributed by atoms with Crippen molar-refractivity contribution in [3.8, 4) is 5.82 Å². The number of aryl methyl sites for hydroxylation is 2. The predicted octanol–water partition coefficient (Wildman–Crippen LogP) is -0.278. The Bertz CT molecular complexity index is 773. The summed E-state index contributed by atoms with van der Waals surface area (Å²) in [7, 11) is 0. The number of hydrogen-bond acceptors (Lipinski definition) is 7. The summed E-state index contributed by atoms with van der Waals surface area (Å²) in [6.07, 6.45) is 2.78. The van der Waals surface area contributed by atoms with Gasteiger partial charge in [0.2, 0.25) is 0 Å². The first-order valence-corrected chi connectivity index (χ1v) is 6.49. The van der Waals surface area contributed by atoms with Crippen LogP contribution >= 0.6 is 0 Å². The van der Waals surface area contributed by atoms with E-state index in [2.05, 4.69) is 41.0 Å². The Morgan fingerprint density at radius 2 is 2.09 bits per heavy atom. The Balaban J connectivity index is 1.74. The minimum atomic E-state index is -0.318. The van der Waals surface area contributed by atoms with Crippen molar-refractivity contribution >= 4 is 5.91 Å². The Hall–Kier alpha value is -3.17. The fourth-order valence-corrected chi connectivity index (χ4v) is 2.02. The largest absolute Gasteiger partial charge is 0.345 e. The van der Waals surface area contributed by atoms with E-state index in [1.54, 1.807) is 0 Å². The summed E-state index contributed by atoms with van der Waals surface area (Å²) >= 11 is 0. The van der Waals surface area contributed by atoms with Crippen LogP contribution in [0.1, 0.15) is 27.6 Å². The third-order valence-corrected chi connectivity index (χ3v) is 2.88. The quantitative estimate of drug-likeness (QED) is 0.678. The molecule has 10 heteroatoms. The van der Waals surface area contributed by atoms with Crippen molar-refractivity contribution in [2.24, 2.45) is 0 Å². The standard InChI is InChI=1S/C12H13N9O/c1-7-3-8(2)17-10(16-7)5-13-12(22)9-4-14-18-11(9)21-6-15-19-20-21/h3-4,6H,5H2,1-2H3,(H,13,22)(H,14,18). The predicted molar refractivity (Wildman–Crippen MR) is 74.0 cm³/mol. The van der Waals surface area contributed by atoms with E-state index in [1.165, 1.54) is 17.2 Å². The summed E-state index contributed by atoms with van der Waals surface area (Å²) in [5.74, 6) is 0.629. The van der Waals surface area contributed by atoms with Crippen molar-refractivity contribution in [3.05, 3.63) is 41.4 Å². The van der Waals surface area contributed by atoms with Gasteiger partial charge in [-0.25, -0.2) is 9.97 Å². The molecule has 0 aliphatic carbocycles. The normalized spacial score (nSPS) is 10.6. The summed E-state index contributed by atoms with van der Waals surface area (Å²) in [4.78, 5) is 20.8. The van der Waals surface area contributed by atoms with Crippen LogP contribution in [0.4, 0.5) is 0 Å². The lowest BCUT2D eigenvalue weighted by Crippen LogP contribution is -2.25. The van der Waals surface area contributed by atoms with Gasteiger partial charge in [0.05, 0.1) is 12.7 Å². The van der Waals surface area contributed by atoms with Crippen molar-refractivity contribution in [1.29, 1.82) is 0 Å². The molecule has 0 bridgehead atoms. The van der Waals surface area contributed by atoms with Crippen LogP contribution in [0.25, 0.3) is 5.82 Å². The van der Waals surface area contributed by atoms with Gasteiger partial charge in [-0.15, -0.1) is 5.10 Å². The molecule has 0 aliphatic rings. The van der Waals surface area contributed by atoms with Crippen LogP contribution in [0.5, 0.6) is 0 Å². The number of aromatic nitrogens is 8. The third kappa shape index (κ3) is 2.80. The molecule has 0 radical (unpaired) electrons. The van der Waals surface area contributed by atoms with Gasteiger partial charge < -0.3 is 5.32 Å². The van der Waals surface area contributed by atoms with Gasteiger partial charge in [-0.1, -0.05) is 0 Å². The molecule has 10 nitrogen and oxygen atoms in total. The maximum atomic E-state index is 12.3. The van der Waals surface area contributed by atoms with Crippen molar-refractivity contribution in [1.82, 2.24) is 45.7 Å². The summed E-state index contributed by atoms with van der Waals surface area (Å²) in [6.45, 7) is 3.99. The number of hydrogen-bond donors (Lipinski definition) is 2. The molecule has 3 rings (SSSR count). The van der Waals surface area contributed by atoms with Gasteiger partial charge in [0.1, 0.15) is 17.7 Å². The van der Waals surface area contributed by atoms with E-state index in [9.17, 15) is 4.79 Å². The highest BCUT2D eigenvalue weighted by Gasteiger charge is 2.16. The second-order valence-electron chi connectivity index (χ2n) is 4.64. The molecular formula is C12H13N9O. The highest BCUT2D eigenvalue weighted by Crippen LogP contribution is 2.08. The first-order chi connectivity index (χ1) is 10.6. The molecule has 0 aromatic carbocycles. The average Bonchev–Trinajstić information content (AvgIpc) is 3.13. The second-order valence-corrected chi connectivity index (χ2v) is 4.64. The van der Waals surface area contributed by atoms with Crippen LogP contribution in [0.15, 0.2) is 18.6 Å². The molecule has 2 N–H and O–H groups in total. The Labute approximate surface area is 125 Å². The summed E-state index contributed by atoms with van der Waals surface area (Å²) < 4.78 is 1.33. The first kappa shape index (κ1) is 13.8. The van der Waals surface area contributed by atoms with Crippen molar-refractivity contribution in [2.75, 3.05) is 0 Å². The number of aromatic amines is 1. The fraction of sp³-hybridized carbons (Fsp3) is 0.250. The number of amides is 1. The molecule has 112 valence electrons. The van der Waals surface area contributed by atoms with E-state index < -0.39 is 0 Å². The molecule has 0 saturated heterocycles. The van der Waals surface area contributed by atoms with Gasteiger partial charge in [0, 0.05) is 11.4 Å². The lowest BCUT2D eigenvalue weighted by molar-refractivity contribution is 0.0949. The maximum absolute atomic E-state index is 12.3. The van der Waals surface area contributed by atoms with Crippen LogP contribution in [-0.2, 0) is 6.54 Å². The summed E-state index contributed by atoms with van der Waals surface area (Å²) in [5, 5.41) is 20.1. The molecule has 0 atom stereocenters. The molecule has 0 saturated carbocycles. The number of carbonyl (C=O) groups is 1. The number of tetrazole rings is 1. The summed E-state index contributed by atoms with van der Waals surface area (Å²) in [5.41, 5.74) is 2.04. The zero-order valence-corrected chi connectivity index (χ0v) is 12.0. The van der Waals surface area contributed by atoms with Crippen LogP contribution in [0, 0.1) is 13.8 Å². The molecule has 3 aromatic heterocycles. The second kappa shape index (κ2) is 5.68. The van der Waals surface area contributed by atoms with E-state index in [1.807, 2.05) is 19.9 Å². The molecule has 3 aromatic rings. The van der Waals surface area contributed by atoms with E-state index in [-0.39, 0.29) is 12.5 Å². The smallest absolute Gasteiger partial charge is 0.257 e. The lowest BCUT2D eigenvalue weighted by Gasteiger charge is -2.06. The molecule has 3 heterocycles. The molecule has 0 spiro atoms. The monoisotopic (exact) mass is 299 g/mol. The van der Waals surface area contributed by atoms with Crippen LogP contribution < -0.4 is 5.32 Å². The van der Waals surface area contributed by atoms with E-state index in [4.69, 9.17) is 0 Å². The molecular weight excluding hydrogens is 286 g/mol. The SMILES string of the molecule is Cc1cc(C)nc(CNC(=O)c2cn[nH]c2-n2cnnn2)n1. The number of rotatable bonds is 4. The zero-order chi connectivity index (χ0) is 15.5. The van der Waals surface area contributed by atoms with Crippen LogP contribution in [0.2, 0.25) is 0 Å². The van der Waals surface area contributed by atoms with Gasteiger partial charge in [0.15, 0.2) is 5.82 Å². The van der Waals surface area contributed by atoms with Crippen molar-refractivity contribution < 1.29 is 4.79 Å². The Kier molecular flexibility index (Phi) is 3.56. The minimum Gasteiger partial charge on any atom is -0.345 e. The van der Waals surface area contributed by atoms with Crippen molar-refractivity contribution in [3.63, 3.8) is 0 Å². The number of carbonyl (C=O) groups excluding carboxylic acids is 1. The van der Waals surface area contributed by atoms with Gasteiger partial charge in [-0.3, -0.25) is 9.89 Å². The Morgan fingerprint density at radius 3 is 2.77 bits per heavy atom. The summed E-state index contributed by atoms with van der Waals surface area (Å²) in [6, 6.07) is 1.87. The van der Waals surface area contributed by atoms with Gasteiger partial charge >= 0.3 is 0 Å². The first-order valence-electron chi connectivity index (χ1n) is 6.49. The van der Waals surface area contributed by atoms with E-state index >= 15 is 0 Å². The topological polar surface area (TPSA) is 127 Å². The molecule has 0 unspecified atom stereocenters. The van der Waals surface area contributed by atoms with Gasteiger partial charge in [-0.2, -0.15) is 9.78 Å². The van der Waals surface area contributed by atoms with Crippen LogP contribution in [-0.4, -0.2) is 46.3 Å². The van der Waals surface area contributed by atoms with Crippen LogP contribution in [0.3, 0.4) is 0 Å². The highest BCUT2D eigenvalue weighted by atomic mass is 16.1. The van der Waals surface area contributed by atoms with E-state index in [0.29, 0.717) is 17.2 Å². The van der Waals surface area contributed by atoms with E-state index in [0.717, 1.165) is 11.4 Å². The van der Waals surface area contributed by atoms with Crippen molar-refractivity contribution in [2.45, 2.75) is 20.4 Å². The number of nitrogens with zero attached hydrogens (tertiary/aromatic N) is 7. The molecule has 1 amide bonds. The third-order valence-electron chi connectivity index (χ3n) is 2.88. The van der Waals surface area contributed by atoms with Gasteiger partial charge in [0.25, 0.3) is 5.91 Å². The maximum Gasteiger partial charge on any atom is 0.257 e. The zero-order valence-electron chi connectivity index (χ0n) is 12.0. The van der Waals surface area contributed by atoms with Gasteiger partial charge in [-0.05, 0) is 30.3 Å². The average molecular weight is 299 g/mol. The lowest BCUT2D eigenvalue weighted by atomic mass is 10.3. The highest BCUT2D eigenvalue weighted by molar-refractivity contribution is 5.96. The number of H-pyrrole nitrogens is 1. The Morgan fingerprint density at radius 1 is 1.32 bits per heavy atom.